The predicted molar refractivity (Wildman–Crippen MR) is 109 cm³/mol. The van der Waals surface area contributed by atoms with Gasteiger partial charge >= 0.3 is 6.18 Å². The minimum Gasteiger partial charge on any atom is -0.280 e. The van der Waals surface area contributed by atoms with Crippen molar-refractivity contribution in [1.82, 2.24) is 4.67 Å². The molecule has 2 unspecified atom stereocenters. The molecule has 0 aromatic heterocycles. The lowest BCUT2D eigenvalue weighted by molar-refractivity contribution is -0.137. The molecule has 1 nitrogen and oxygen atoms in total. The summed E-state index contributed by atoms with van der Waals surface area (Å²) in [5.74, 6) is 0. The molecule has 2 atom stereocenters. The number of aryl methyl sites for hydroxylation is 1. The van der Waals surface area contributed by atoms with Crippen LogP contribution in [0.1, 0.15) is 36.1 Å². The first-order valence-corrected chi connectivity index (χ1v) is 9.53. The summed E-state index contributed by atoms with van der Waals surface area (Å²) >= 11 is 0. The Morgan fingerprint density at radius 1 is 0.963 bits per heavy atom. The summed E-state index contributed by atoms with van der Waals surface area (Å²) in [5, 5.41) is 2.45. The standard InChI is InChI=1S/C22H23F3NP/c1-16(20-13-5-10-18-9-2-3-12-21(18)20)26(27)14-6-8-17-7-4-11-19(15-17)22(23,24)25/h2-5,7,9-13,15-16H,6,8,14,27H2,1H3. The van der Waals surface area contributed by atoms with Crippen LogP contribution in [-0.2, 0) is 12.6 Å². The van der Waals surface area contributed by atoms with Crippen molar-refractivity contribution in [1.29, 1.82) is 0 Å². The fourth-order valence-corrected chi connectivity index (χ4v) is 3.70. The number of rotatable bonds is 6. The maximum Gasteiger partial charge on any atom is 0.416 e. The third-order valence-electron chi connectivity index (χ3n) is 4.91. The minimum absolute atomic E-state index is 0.197. The smallest absolute Gasteiger partial charge is 0.280 e. The van der Waals surface area contributed by atoms with E-state index in [1.54, 1.807) is 6.07 Å². The predicted octanol–water partition coefficient (Wildman–Crippen LogP) is 6.64. The van der Waals surface area contributed by atoms with E-state index in [1.165, 1.54) is 28.5 Å². The Labute approximate surface area is 160 Å². The number of alkyl halides is 3. The molecule has 142 valence electrons. The van der Waals surface area contributed by atoms with Gasteiger partial charge in [0.2, 0.25) is 0 Å². The van der Waals surface area contributed by atoms with E-state index in [-0.39, 0.29) is 6.04 Å². The van der Waals surface area contributed by atoms with E-state index >= 15 is 0 Å². The molecule has 0 amide bonds. The van der Waals surface area contributed by atoms with Gasteiger partial charge in [-0.2, -0.15) is 13.2 Å². The summed E-state index contributed by atoms with van der Waals surface area (Å²) in [6.07, 6.45) is -2.87. The zero-order chi connectivity index (χ0) is 19.4. The average molecular weight is 389 g/mol. The van der Waals surface area contributed by atoms with Crippen LogP contribution < -0.4 is 0 Å². The SMILES string of the molecule is CC(c1cccc2ccccc12)N(P)CCCc1cccc(C(F)(F)F)c1. The molecule has 3 aromatic carbocycles. The molecule has 0 aliphatic rings. The lowest BCUT2D eigenvalue weighted by atomic mass is 9.99. The molecule has 27 heavy (non-hydrogen) atoms. The molecule has 0 saturated heterocycles. The Morgan fingerprint density at radius 2 is 1.67 bits per heavy atom. The molecule has 0 aliphatic heterocycles. The van der Waals surface area contributed by atoms with Crippen LogP contribution >= 0.6 is 9.39 Å². The van der Waals surface area contributed by atoms with Crippen LogP contribution in [0.4, 0.5) is 13.2 Å². The van der Waals surface area contributed by atoms with E-state index in [4.69, 9.17) is 0 Å². The van der Waals surface area contributed by atoms with Gasteiger partial charge in [-0.25, -0.2) is 0 Å². The van der Waals surface area contributed by atoms with Crippen LogP contribution in [0.15, 0.2) is 66.7 Å². The Hall–Kier alpha value is -1.90. The van der Waals surface area contributed by atoms with Crippen LogP contribution in [0.25, 0.3) is 10.8 Å². The molecule has 0 heterocycles. The zero-order valence-electron chi connectivity index (χ0n) is 15.2. The van der Waals surface area contributed by atoms with Crippen LogP contribution in [0.3, 0.4) is 0 Å². The molecule has 0 fully saturated rings. The van der Waals surface area contributed by atoms with Crippen molar-refractivity contribution in [3.05, 3.63) is 83.4 Å². The fraction of sp³-hybridized carbons (Fsp3) is 0.273. The lowest BCUT2D eigenvalue weighted by Crippen LogP contribution is -2.18. The molecule has 0 bridgehead atoms. The first kappa shape index (κ1) is 19.9. The van der Waals surface area contributed by atoms with Gasteiger partial charge in [0.1, 0.15) is 0 Å². The van der Waals surface area contributed by atoms with E-state index in [0.29, 0.717) is 6.42 Å². The molecule has 0 spiro atoms. The second kappa shape index (κ2) is 8.41. The monoisotopic (exact) mass is 389 g/mol. The number of nitrogens with zero attached hydrogens (tertiary/aromatic N) is 1. The van der Waals surface area contributed by atoms with Crippen molar-refractivity contribution < 1.29 is 13.2 Å². The molecule has 3 aromatic rings. The van der Waals surface area contributed by atoms with Gasteiger partial charge in [0.05, 0.1) is 5.56 Å². The third-order valence-corrected chi connectivity index (χ3v) is 5.61. The van der Waals surface area contributed by atoms with Gasteiger partial charge in [-0.15, -0.1) is 0 Å². The maximum absolute atomic E-state index is 12.8. The summed E-state index contributed by atoms with van der Waals surface area (Å²) < 4.78 is 40.7. The minimum atomic E-state index is -4.29. The largest absolute Gasteiger partial charge is 0.416 e. The van der Waals surface area contributed by atoms with Crippen molar-refractivity contribution in [2.75, 3.05) is 6.54 Å². The van der Waals surface area contributed by atoms with Gasteiger partial charge in [-0.3, -0.25) is 4.67 Å². The van der Waals surface area contributed by atoms with Gasteiger partial charge in [-0.05, 0) is 47.7 Å². The molecule has 5 heteroatoms. The van der Waals surface area contributed by atoms with Gasteiger partial charge in [0.15, 0.2) is 0 Å². The van der Waals surface area contributed by atoms with E-state index in [0.717, 1.165) is 24.6 Å². The summed E-state index contributed by atoms with van der Waals surface area (Å²) in [6.45, 7) is 2.93. The molecule has 0 N–H and O–H groups in total. The highest BCUT2D eigenvalue weighted by Gasteiger charge is 2.30. The van der Waals surface area contributed by atoms with Crippen molar-refractivity contribution >= 4 is 20.2 Å². The summed E-state index contributed by atoms with van der Waals surface area (Å²) in [6, 6.07) is 20.4. The van der Waals surface area contributed by atoms with Crippen molar-refractivity contribution in [3.8, 4) is 0 Å². The zero-order valence-corrected chi connectivity index (χ0v) is 16.4. The second-order valence-electron chi connectivity index (χ2n) is 6.78. The average Bonchev–Trinajstić information content (AvgIpc) is 2.66. The Kier molecular flexibility index (Phi) is 6.18. The molecular formula is C22H23F3NP. The van der Waals surface area contributed by atoms with Crippen molar-refractivity contribution in [2.24, 2.45) is 0 Å². The first-order valence-electron chi connectivity index (χ1n) is 9.01. The second-order valence-corrected chi connectivity index (χ2v) is 7.45. The number of benzene rings is 3. The van der Waals surface area contributed by atoms with Crippen LogP contribution in [0.2, 0.25) is 0 Å². The molecule has 0 radical (unpaired) electrons. The van der Waals surface area contributed by atoms with Gasteiger partial charge in [-0.1, -0.05) is 70.1 Å². The Bertz CT molecular complexity index is 902. The highest BCUT2D eigenvalue weighted by molar-refractivity contribution is 7.13. The molecule has 0 saturated carbocycles. The Morgan fingerprint density at radius 3 is 2.44 bits per heavy atom. The van der Waals surface area contributed by atoms with E-state index < -0.39 is 11.7 Å². The first-order chi connectivity index (χ1) is 12.9. The van der Waals surface area contributed by atoms with Crippen LogP contribution in [-0.4, -0.2) is 11.2 Å². The van der Waals surface area contributed by atoms with E-state index in [9.17, 15) is 13.2 Å². The lowest BCUT2D eigenvalue weighted by Gasteiger charge is -2.26. The van der Waals surface area contributed by atoms with Gasteiger partial charge < -0.3 is 0 Å². The highest BCUT2D eigenvalue weighted by Crippen LogP contribution is 2.31. The quantitative estimate of drug-likeness (QED) is 0.427. The van der Waals surface area contributed by atoms with Gasteiger partial charge in [0, 0.05) is 12.6 Å². The number of fused-ring (bicyclic) bond motifs is 1. The number of hydrogen-bond acceptors (Lipinski definition) is 1. The molecule has 0 aliphatic carbocycles. The summed E-state index contributed by atoms with van der Waals surface area (Å²) in [7, 11) is 2.77. The normalized spacial score (nSPS) is 13.3. The topological polar surface area (TPSA) is 3.24 Å². The molecular weight excluding hydrogens is 366 g/mol. The third kappa shape index (κ3) is 4.88. The Balaban J connectivity index is 1.63. The summed E-state index contributed by atoms with van der Waals surface area (Å²) in [4.78, 5) is 0. The van der Waals surface area contributed by atoms with E-state index in [2.05, 4.69) is 51.3 Å². The number of halogens is 3. The van der Waals surface area contributed by atoms with Gasteiger partial charge in [0.25, 0.3) is 0 Å². The number of hydrogen-bond donors (Lipinski definition) is 0. The maximum atomic E-state index is 12.8. The highest BCUT2D eigenvalue weighted by atomic mass is 31.0. The molecule has 3 rings (SSSR count). The van der Waals surface area contributed by atoms with Crippen LogP contribution in [0, 0.1) is 0 Å². The van der Waals surface area contributed by atoms with Crippen LogP contribution in [0.5, 0.6) is 0 Å². The van der Waals surface area contributed by atoms with E-state index in [1.807, 2.05) is 12.1 Å². The summed E-state index contributed by atoms with van der Waals surface area (Å²) in [5.41, 5.74) is 1.40. The van der Waals surface area contributed by atoms with Crippen molar-refractivity contribution in [3.63, 3.8) is 0 Å². The fourth-order valence-electron chi connectivity index (χ4n) is 3.36. The van der Waals surface area contributed by atoms with Crippen molar-refractivity contribution in [2.45, 2.75) is 32.0 Å².